The predicted octanol–water partition coefficient (Wildman–Crippen LogP) is 4.21. The fraction of sp³-hybridized carbons (Fsp3) is 0.333. The maximum Gasteiger partial charge on any atom is 0.118 e. The average Bonchev–Trinajstić information content (AvgIpc) is 2.53. The van der Waals surface area contributed by atoms with Crippen molar-refractivity contribution >= 4 is 21.6 Å². The van der Waals surface area contributed by atoms with E-state index in [1.165, 1.54) is 16.8 Å². The van der Waals surface area contributed by atoms with Gasteiger partial charge in [-0.05, 0) is 35.4 Å². The number of hydrogen-bond donors (Lipinski definition) is 0. The number of anilines is 1. The molecule has 116 valence electrons. The second-order valence-electron chi connectivity index (χ2n) is 5.53. The molecule has 0 bridgehead atoms. The van der Waals surface area contributed by atoms with Gasteiger partial charge in [-0.2, -0.15) is 0 Å². The number of benzene rings is 2. The molecule has 3 nitrogen and oxygen atoms in total. The molecule has 0 spiro atoms. The van der Waals surface area contributed by atoms with Gasteiger partial charge < -0.3 is 14.4 Å². The largest absolute Gasteiger partial charge is 0.497 e. The van der Waals surface area contributed by atoms with Crippen molar-refractivity contribution in [3.05, 3.63) is 58.1 Å². The number of fused-ring (bicyclic) bond motifs is 1. The van der Waals surface area contributed by atoms with Crippen LogP contribution in [0, 0.1) is 0 Å². The lowest BCUT2D eigenvalue weighted by Gasteiger charge is -2.29. The van der Waals surface area contributed by atoms with Gasteiger partial charge in [-0.1, -0.05) is 34.1 Å². The quantitative estimate of drug-likeness (QED) is 0.799. The summed E-state index contributed by atoms with van der Waals surface area (Å²) in [7, 11) is 3.80. The average molecular weight is 362 g/mol. The van der Waals surface area contributed by atoms with Gasteiger partial charge in [0.2, 0.25) is 0 Å². The van der Waals surface area contributed by atoms with Crippen molar-refractivity contribution < 1.29 is 9.47 Å². The van der Waals surface area contributed by atoms with Crippen molar-refractivity contribution in [2.24, 2.45) is 0 Å². The number of hydrogen-bond acceptors (Lipinski definition) is 3. The van der Waals surface area contributed by atoms with Crippen LogP contribution in [-0.4, -0.2) is 27.3 Å². The van der Waals surface area contributed by atoms with Gasteiger partial charge in [0.25, 0.3) is 0 Å². The predicted molar refractivity (Wildman–Crippen MR) is 92.8 cm³/mol. The Labute approximate surface area is 140 Å². The first-order valence-corrected chi connectivity index (χ1v) is 8.22. The molecule has 1 unspecified atom stereocenters. The molecule has 0 saturated carbocycles. The molecule has 22 heavy (non-hydrogen) atoms. The fourth-order valence-electron chi connectivity index (χ4n) is 2.81. The molecule has 0 aliphatic carbocycles. The summed E-state index contributed by atoms with van der Waals surface area (Å²) in [4.78, 5) is 2.25. The minimum atomic E-state index is 0.0829. The van der Waals surface area contributed by atoms with Crippen molar-refractivity contribution in [1.82, 2.24) is 0 Å². The van der Waals surface area contributed by atoms with Crippen LogP contribution < -0.4 is 9.64 Å². The first-order valence-electron chi connectivity index (χ1n) is 7.42. The molecule has 2 aromatic carbocycles. The van der Waals surface area contributed by atoms with Gasteiger partial charge in [-0.3, -0.25) is 0 Å². The Morgan fingerprint density at radius 2 is 1.95 bits per heavy atom. The Hall–Kier alpha value is -1.52. The van der Waals surface area contributed by atoms with Gasteiger partial charge in [0.1, 0.15) is 5.75 Å². The smallest absolute Gasteiger partial charge is 0.118 e. The van der Waals surface area contributed by atoms with E-state index in [4.69, 9.17) is 9.47 Å². The number of nitrogens with zero attached hydrogens (tertiary/aromatic N) is 1. The van der Waals surface area contributed by atoms with Crippen molar-refractivity contribution in [2.75, 3.05) is 32.2 Å². The second kappa shape index (κ2) is 6.71. The summed E-state index contributed by atoms with van der Waals surface area (Å²) in [6.45, 7) is 1.61. The van der Waals surface area contributed by atoms with Crippen molar-refractivity contribution in [2.45, 2.75) is 12.5 Å². The van der Waals surface area contributed by atoms with E-state index < -0.39 is 0 Å². The summed E-state index contributed by atoms with van der Waals surface area (Å²) >= 11 is 3.57. The zero-order chi connectivity index (χ0) is 15.5. The van der Waals surface area contributed by atoms with Crippen molar-refractivity contribution in [3.8, 4) is 5.75 Å². The van der Waals surface area contributed by atoms with Crippen LogP contribution >= 0.6 is 15.9 Å². The number of rotatable bonds is 2. The molecule has 0 fully saturated rings. The SMILES string of the molecule is COc1ccc(C2Cc3ccc(Br)cc3N(C)CCO2)cc1. The van der Waals surface area contributed by atoms with Gasteiger partial charge in [0, 0.05) is 30.2 Å². The highest BCUT2D eigenvalue weighted by molar-refractivity contribution is 9.10. The number of ether oxygens (including phenoxy) is 2. The monoisotopic (exact) mass is 361 g/mol. The fourth-order valence-corrected chi connectivity index (χ4v) is 3.16. The third kappa shape index (κ3) is 3.28. The van der Waals surface area contributed by atoms with Gasteiger partial charge in [-0.15, -0.1) is 0 Å². The third-order valence-electron chi connectivity index (χ3n) is 4.10. The van der Waals surface area contributed by atoms with Crippen LogP contribution in [0.15, 0.2) is 46.9 Å². The highest BCUT2D eigenvalue weighted by Gasteiger charge is 2.20. The highest BCUT2D eigenvalue weighted by Crippen LogP contribution is 2.32. The lowest BCUT2D eigenvalue weighted by atomic mass is 9.98. The lowest BCUT2D eigenvalue weighted by Crippen LogP contribution is -2.27. The minimum Gasteiger partial charge on any atom is -0.497 e. The molecular formula is C18H20BrNO2. The molecule has 4 heteroatoms. The van der Waals surface area contributed by atoms with Gasteiger partial charge in [-0.25, -0.2) is 0 Å². The van der Waals surface area contributed by atoms with Crippen LogP contribution in [0.1, 0.15) is 17.2 Å². The highest BCUT2D eigenvalue weighted by atomic mass is 79.9. The molecule has 1 aliphatic heterocycles. The van der Waals surface area contributed by atoms with E-state index in [-0.39, 0.29) is 6.10 Å². The van der Waals surface area contributed by atoms with Gasteiger partial charge in [0.05, 0.1) is 19.8 Å². The van der Waals surface area contributed by atoms with Crippen LogP contribution in [0.3, 0.4) is 0 Å². The molecule has 0 aromatic heterocycles. The van der Waals surface area contributed by atoms with Crippen molar-refractivity contribution in [3.63, 3.8) is 0 Å². The molecule has 0 radical (unpaired) electrons. The first-order chi connectivity index (χ1) is 10.7. The van der Waals surface area contributed by atoms with Gasteiger partial charge >= 0.3 is 0 Å². The Balaban J connectivity index is 1.90. The molecule has 0 amide bonds. The van der Waals surface area contributed by atoms with E-state index in [9.17, 15) is 0 Å². The number of halogens is 1. The Bertz CT molecular complexity index is 642. The summed E-state index contributed by atoms with van der Waals surface area (Å²) in [5.41, 5.74) is 3.78. The van der Waals surface area contributed by atoms with Crippen molar-refractivity contribution in [1.29, 1.82) is 0 Å². The summed E-state index contributed by atoms with van der Waals surface area (Å²) < 4.78 is 12.4. The first kappa shape index (κ1) is 15.4. The maximum absolute atomic E-state index is 6.11. The maximum atomic E-state index is 6.11. The molecular weight excluding hydrogens is 342 g/mol. The van der Waals surface area contributed by atoms with E-state index in [0.29, 0.717) is 0 Å². The second-order valence-corrected chi connectivity index (χ2v) is 6.45. The van der Waals surface area contributed by atoms with Crippen LogP contribution in [0.2, 0.25) is 0 Å². The summed E-state index contributed by atoms with van der Waals surface area (Å²) in [6, 6.07) is 14.6. The van der Waals surface area contributed by atoms with E-state index >= 15 is 0 Å². The van der Waals surface area contributed by atoms with Crippen LogP contribution in [0.5, 0.6) is 5.75 Å². The summed E-state index contributed by atoms with van der Waals surface area (Å²) in [5.74, 6) is 0.874. The standard InChI is InChI=1S/C18H20BrNO2/c1-20-9-10-22-18(13-4-7-16(21-2)8-5-13)11-14-3-6-15(19)12-17(14)20/h3-8,12,18H,9-11H2,1-2H3. The molecule has 1 aliphatic rings. The summed E-state index contributed by atoms with van der Waals surface area (Å²) in [5, 5.41) is 0. The van der Waals surface area contributed by atoms with E-state index in [2.05, 4.69) is 58.2 Å². The van der Waals surface area contributed by atoms with Gasteiger partial charge in [0.15, 0.2) is 0 Å². The Kier molecular flexibility index (Phi) is 4.69. The normalized spacial score (nSPS) is 18.3. The van der Waals surface area contributed by atoms with Crippen LogP contribution in [0.4, 0.5) is 5.69 Å². The molecule has 2 aromatic rings. The molecule has 0 N–H and O–H groups in total. The zero-order valence-corrected chi connectivity index (χ0v) is 14.5. The van der Waals surface area contributed by atoms with Crippen LogP contribution in [0.25, 0.3) is 0 Å². The number of methoxy groups -OCH3 is 1. The Morgan fingerprint density at radius 3 is 2.68 bits per heavy atom. The minimum absolute atomic E-state index is 0.0829. The molecule has 1 heterocycles. The third-order valence-corrected chi connectivity index (χ3v) is 4.59. The molecule has 3 rings (SSSR count). The lowest BCUT2D eigenvalue weighted by molar-refractivity contribution is 0.0560. The van der Waals surface area contributed by atoms with Crippen LogP contribution in [-0.2, 0) is 11.2 Å². The van der Waals surface area contributed by atoms with E-state index in [0.717, 1.165) is 29.8 Å². The Morgan fingerprint density at radius 1 is 1.18 bits per heavy atom. The topological polar surface area (TPSA) is 21.7 Å². The van der Waals surface area contributed by atoms with E-state index in [1.54, 1.807) is 7.11 Å². The van der Waals surface area contributed by atoms with E-state index in [1.807, 2.05) is 12.1 Å². The number of likely N-dealkylation sites (N-methyl/N-ethyl adjacent to an activating group) is 1. The zero-order valence-electron chi connectivity index (χ0n) is 12.9. The summed E-state index contributed by atoms with van der Waals surface area (Å²) in [6.07, 6.45) is 0.957. The molecule has 1 atom stereocenters. The molecule has 0 saturated heterocycles.